The third-order valence-corrected chi connectivity index (χ3v) is 10.8. The van der Waals surface area contributed by atoms with Crippen molar-refractivity contribution in [3.05, 3.63) is 119 Å². The van der Waals surface area contributed by atoms with Gasteiger partial charge in [0, 0.05) is 46.3 Å². The van der Waals surface area contributed by atoms with Gasteiger partial charge in [0.1, 0.15) is 17.3 Å². The summed E-state index contributed by atoms with van der Waals surface area (Å²) in [6.45, 7) is 18.3. The SMILES string of the molecule is CCCCc1c(C2C(C)=CCC[C@@H]2C)c(C)nn1-c1cc(Oc2ccc3c4ccccc4n(-c4cc(CC(C)C)ccn4)c3c2)cc(C(C)C)c1. The molecule has 5 nitrogen and oxygen atoms in total. The largest absolute Gasteiger partial charge is 0.457 e. The van der Waals surface area contributed by atoms with Gasteiger partial charge in [-0.25, -0.2) is 9.67 Å². The molecule has 1 aliphatic rings. The Morgan fingerprint density at radius 2 is 1.69 bits per heavy atom. The number of hydrogen-bond donors (Lipinski definition) is 0. The molecule has 0 aliphatic heterocycles. The maximum absolute atomic E-state index is 6.83. The third kappa shape index (κ3) is 6.88. The lowest BCUT2D eigenvalue weighted by molar-refractivity contribution is 0.446. The summed E-state index contributed by atoms with van der Waals surface area (Å²) in [6.07, 6.45) is 11.1. The first-order chi connectivity index (χ1) is 24.6. The summed E-state index contributed by atoms with van der Waals surface area (Å²) in [6, 6.07) is 26.1. The van der Waals surface area contributed by atoms with Crippen molar-refractivity contribution in [2.75, 3.05) is 0 Å². The Kier molecular flexibility index (Phi) is 9.92. The van der Waals surface area contributed by atoms with Crippen LogP contribution in [0.15, 0.2) is 90.6 Å². The molecule has 3 aromatic carbocycles. The lowest BCUT2D eigenvalue weighted by Gasteiger charge is -2.30. The Bertz CT molecular complexity index is 2210. The number of rotatable bonds is 11. The van der Waals surface area contributed by atoms with Crippen molar-refractivity contribution in [2.45, 2.75) is 106 Å². The molecule has 5 heteroatoms. The minimum absolute atomic E-state index is 0.334. The number of benzene rings is 3. The number of para-hydroxylation sites is 1. The van der Waals surface area contributed by atoms with Crippen molar-refractivity contribution in [2.24, 2.45) is 11.8 Å². The van der Waals surface area contributed by atoms with Gasteiger partial charge in [0.15, 0.2) is 0 Å². The summed E-state index contributed by atoms with van der Waals surface area (Å²) < 4.78 is 11.4. The highest BCUT2D eigenvalue weighted by molar-refractivity contribution is 6.09. The van der Waals surface area contributed by atoms with Crippen LogP contribution in [0.1, 0.15) is 114 Å². The number of allylic oxidation sites excluding steroid dienone is 2. The molecule has 0 amide bonds. The fourth-order valence-corrected chi connectivity index (χ4v) is 8.32. The minimum atomic E-state index is 0.334. The molecular weight excluding hydrogens is 625 g/mol. The molecule has 0 saturated heterocycles. The summed E-state index contributed by atoms with van der Waals surface area (Å²) in [4.78, 5) is 4.87. The molecule has 0 N–H and O–H groups in total. The maximum Gasteiger partial charge on any atom is 0.137 e. The zero-order chi connectivity index (χ0) is 35.8. The zero-order valence-corrected chi connectivity index (χ0v) is 31.8. The summed E-state index contributed by atoms with van der Waals surface area (Å²) >= 11 is 0. The average molecular weight is 679 g/mol. The average Bonchev–Trinajstić information content (AvgIpc) is 3.60. The van der Waals surface area contributed by atoms with Gasteiger partial charge >= 0.3 is 0 Å². The van der Waals surface area contributed by atoms with Crippen molar-refractivity contribution in [3.63, 3.8) is 0 Å². The van der Waals surface area contributed by atoms with Crippen molar-refractivity contribution >= 4 is 21.8 Å². The van der Waals surface area contributed by atoms with Crippen LogP contribution in [0.25, 0.3) is 33.3 Å². The van der Waals surface area contributed by atoms with Gasteiger partial charge in [0.25, 0.3) is 0 Å². The summed E-state index contributed by atoms with van der Waals surface area (Å²) in [5, 5.41) is 7.68. The van der Waals surface area contributed by atoms with E-state index >= 15 is 0 Å². The molecule has 0 saturated carbocycles. The summed E-state index contributed by atoms with van der Waals surface area (Å²) in [5.74, 6) is 4.49. The molecule has 7 rings (SSSR count). The molecule has 0 spiro atoms. The number of nitrogens with zero attached hydrogens (tertiary/aromatic N) is 4. The van der Waals surface area contributed by atoms with Crippen LogP contribution in [-0.4, -0.2) is 19.3 Å². The molecule has 1 aliphatic carbocycles. The van der Waals surface area contributed by atoms with Crippen LogP contribution in [-0.2, 0) is 12.8 Å². The second-order valence-corrected chi connectivity index (χ2v) is 15.6. The highest BCUT2D eigenvalue weighted by atomic mass is 16.5. The molecule has 264 valence electrons. The second-order valence-electron chi connectivity index (χ2n) is 15.6. The monoisotopic (exact) mass is 678 g/mol. The molecule has 0 fully saturated rings. The predicted octanol–water partition coefficient (Wildman–Crippen LogP) is 12.6. The first kappa shape index (κ1) is 34.8. The Morgan fingerprint density at radius 3 is 2.45 bits per heavy atom. The van der Waals surface area contributed by atoms with Crippen LogP contribution < -0.4 is 4.74 Å². The van der Waals surface area contributed by atoms with E-state index in [4.69, 9.17) is 14.8 Å². The fourth-order valence-electron chi connectivity index (χ4n) is 8.32. The molecular formula is C46H54N4O. The van der Waals surface area contributed by atoms with E-state index in [1.54, 1.807) is 0 Å². The standard InChI is InChI=1S/C46H54N4O/c1-9-10-17-42-46(45-31(6)14-13-15-32(45)7)33(8)48-50(42)36-25-35(30(4)5)26-38(27-36)51-37-19-20-40-39-16-11-12-18-41(39)49(43(40)28-37)44-24-34(21-22-47-44)23-29(2)3/h11-12,14,16,18-22,24-30,32,45H,9-10,13,15,17,23H2,1-8H3/t32-,45?/m0/s1. The van der Waals surface area contributed by atoms with E-state index in [0.29, 0.717) is 23.7 Å². The normalized spacial score (nSPS) is 16.5. The number of unbranched alkanes of at least 4 members (excludes halogenated alkanes) is 1. The van der Waals surface area contributed by atoms with Gasteiger partial charge in [-0.15, -0.1) is 0 Å². The molecule has 2 atom stereocenters. The molecule has 3 heterocycles. The van der Waals surface area contributed by atoms with E-state index in [2.05, 4.69) is 144 Å². The van der Waals surface area contributed by atoms with E-state index in [-0.39, 0.29) is 0 Å². The number of hydrogen-bond acceptors (Lipinski definition) is 3. The minimum Gasteiger partial charge on any atom is -0.457 e. The highest BCUT2D eigenvalue weighted by Gasteiger charge is 2.31. The molecule has 0 radical (unpaired) electrons. The number of aromatic nitrogens is 4. The van der Waals surface area contributed by atoms with Gasteiger partial charge in [-0.05, 0) is 117 Å². The van der Waals surface area contributed by atoms with Crippen LogP contribution in [0.3, 0.4) is 0 Å². The molecule has 1 unspecified atom stereocenters. The van der Waals surface area contributed by atoms with E-state index in [0.717, 1.165) is 65.4 Å². The van der Waals surface area contributed by atoms with Crippen LogP contribution in [0.2, 0.25) is 0 Å². The number of ether oxygens (including phenoxy) is 1. The fraction of sp³-hybridized carbons (Fsp3) is 0.391. The lowest BCUT2D eigenvalue weighted by atomic mass is 9.75. The van der Waals surface area contributed by atoms with E-state index in [1.807, 2.05) is 6.20 Å². The molecule has 6 aromatic rings. The zero-order valence-electron chi connectivity index (χ0n) is 31.8. The maximum atomic E-state index is 6.83. The predicted molar refractivity (Wildman–Crippen MR) is 213 cm³/mol. The topological polar surface area (TPSA) is 44.9 Å². The van der Waals surface area contributed by atoms with Crippen LogP contribution >= 0.6 is 0 Å². The third-order valence-electron chi connectivity index (χ3n) is 10.8. The van der Waals surface area contributed by atoms with Crippen LogP contribution in [0.5, 0.6) is 11.5 Å². The molecule has 51 heavy (non-hydrogen) atoms. The summed E-state index contributed by atoms with van der Waals surface area (Å²) in [5.41, 5.74) is 11.3. The Balaban J connectivity index is 1.33. The van der Waals surface area contributed by atoms with Crippen molar-refractivity contribution in [1.82, 2.24) is 19.3 Å². The van der Waals surface area contributed by atoms with E-state index in [9.17, 15) is 0 Å². The van der Waals surface area contributed by atoms with Crippen LogP contribution in [0.4, 0.5) is 0 Å². The van der Waals surface area contributed by atoms with Gasteiger partial charge in [-0.1, -0.05) is 77.8 Å². The van der Waals surface area contributed by atoms with Gasteiger partial charge in [-0.3, -0.25) is 4.57 Å². The van der Waals surface area contributed by atoms with Crippen molar-refractivity contribution in [3.8, 4) is 23.0 Å². The van der Waals surface area contributed by atoms with Gasteiger partial charge in [-0.2, -0.15) is 5.10 Å². The van der Waals surface area contributed by atoms with Gasteiger partial charge in [0.2, 0.25) is 0 Å². The first-order valence-electron chi connectivity index (χ1n) is 19.2. The van der Waals surface area contributed by atoms with Crippen molar-refractivity contribution in [1.29, 1.82) is 0 Å². The quantitative estimate of drug-likeness (QED) is 0.128. The number of aryl methyl sites for hydroxylation is 1. The smallest absolute Gasteiger partial charge is 0.137 e. The first-order valence-corrected chi connectivity index (χ1v) is 19.2. The highest BCUT2D eigenvalue weighted by Crippen LogP contribution is 2.43. The van der Waals surface area contributed by atoms with Crippen molar-refractivity contribution < 1.29 is 4.74 Å². The Morgan fingerprint density at radius 1 is 0.882 bits per heavy atom. The lowest BCUT2D eigenvalue weighted by Crippen LogP contribution is -2.17. The number of fused-ring (bicyclic) bond motifs is 3. The Labute approximate surface area is 304 Å². The van der Waals surface area contributed by atoms with Gasteiger partial charge in [0.05, 0.1) is 22.4 Å². The second kappa shape index (κ2) is 14.5. The number of pyridine rings is 1. The summed E-state index contributed by atoms with van der Waals surface area (Å²) in [7, 11) is 0. The van der Waals surface area contributed by atoms with E-state index in [1.165, 1.54) is 51.6 Å². The van der Waals surface area contributed by atoms with E-state index < -0.39 is 0 Å². The Hall–Kier alpha value is -4.64. The van der Waals surface area contributed by atoms with Gasteiger partial charge < -0.3 is 4.74 Å². The van der Waals surface area contributed by atoms with Crippen LogP contribution in [0, 0.1) is 18.8 Å². The molecule has 3 aromatic heterocycles. The molecule has 0 bridgehead atoms.